The molecule has 5 heteroatoms. The van der Waals surface area contributed by atoms with Crippen molar-refractivity contribution in [2.75, 3.05) is 19.7 Å². The van der Waals surface area contributed by atoms with E-state index in [0.717, 1.165) is 3.79 Å². The number of thiophene rings is 1. The van der Waals surface area contributed by atoms with Gasteiger partial charge in [-0.3, -0.25) is 4.79 Å². The molecule has 1 rings (SSSR count). The lowest BCUT2D eigenvalue weighted by Gasteiger charge is -2.19. The maximum atomic E-state index is 11.9. The number of rotatable bonds is 5. The zero-order valence-corrected chi connectivity index (χ0v) is 10.6. The Morgan fingerprint density at radius 2 is 2.47 bits per heavy atom. The first-order valence-corrected chi connectivity index (χ1v) is 6.11. The first kappa shape index (κ1) is 12.4. The fraction of sp³-hybridized carbons (Fsp3) is 0.300. The van der Waals surface area contributed by atoms with Crippen molar-refractivity contribution in [3.05, 3.63) is 33.5 Å². The minimum atomic E-state index is -0.0779. The molecule has 1 N–H and O–H groups in total. The van der Waals surface area contributed by atoms with Crippen LogP contribution in [-0.4, -0.2) is 35.6 Å². The van der Waals surface area contributed by atoms with Crippen molar-refractivity contribution < 1.29 is 9.90 Å². The molecule has 1 amide bonds. The second-order valence-corrected chi connectivity index (χ2v) is 5.19. The molecule has 0 bridgehead atoms. The molecule has 0 unspecified atom stereocenters. The number of carbonyl (C=O) groups excluding carboxylic acids is 1. The molecular weight excluding hydrogens is 278 g/mol. The van der Waals surface area contributed by atoms with Crippen LogP contribution >= 0.6 is 27.3 Å². The fourth-order valence-electron chi connectivity index (χ4n) is 1.16. The third-order valence-electron chi connectivity index (χ3n) is 1.82. The van der Waals surface area contributed by atoms with Crippen LogP contribution in [0.2, 0.25) is 0 Å². The Kier molecular flexibility index (Phi) is 5.01. The molecule has 0 fully saturated rings. The maximum Gasteiger partial charge on any atom is 0.255 e. The number of hydrogen-bond donors (Lipinski definition) is 1. The van der Waals surface area contributed by atoms with Gasteiger partial charge in [0.25, 0.3) is 5.91 Å². The maximum absolute atomic E-state index is 11.9. The van der Waals surface area contributed by atoms with Gasteiger partial charge in [-0.2, -0.15) is 0 Å². The number of nitrogens with zero attached hydrogens (tertiary/aromatic N) is 1. The standard InChI is InChI=1S/C10H12BrNO2S/c1-2-3-12(4-5-13)10(14)8-6-9(11)15-7-8/h2,6-7,13H,1,3-5H2. The number of hydrogen-bond acceptors (Lipinski definition) is 3. The quantitative estimate of drug-likeness (QED) is 0.844. The van der Waals surface area contributed by atoms with Gasteiger partial charge < -0.3 is 10.0 Å². The molecule has 0 aliphatic rings. The highest BCUT2D eigenvalue weighted by Crippen LogP contribution is 2.21. The molecule has 82 valence electrons. The van der Waals surface area contributed by atoms with Crippen LogP contribution < -0.4 is 0 Å². The normalized spacial score (nSPS) is 10.0. The van der Waals surface area contributed by atoms with E-state index >= 15 is 0 Å². The molecule has 0 aromatic carbocycles. The van der Waals surface area contributed by atoms with Crippen molar-refractivity contribution in [2.24, 2.45) is 0 Å². The molecule has 15 heavy (non-hydrogen) atoms. The molecule has 0 saturated carbocycles. The molecule has 0 aliphatic carbocycles. The zero-order chi connectivity index (χ0) is 11.3. The average Bonchev–Trinajstić information content (AvgIpc) is 2.63. The highest BCUT2D eigenvalue weighted by atomic mass is 79.9. The summed E-state index contributed by atoms with van der Waals surface area (Å²) < 4.78 is 0.924. The Morgan fingerprint density at radius 1 is 1.73 bits per heavy atom. The Hall–Kier alpha value is -0.650. The number of amides is 1. The van der Waals surface area contributed by atoms with Gasteiger partial charge in [-0.05, 0) is 22.0 Å². The van der Waals surface area contributed by atoms with E-state index < -0.39 is 0 Å². The highest BCUT2D eigenvalue weighted by Gasteiger charge is 2.14. The van der Waals surface area contributed by atoms with Gasteiger partial charge in [-0.15, -0.1) is 17.9 Å². The second kappa shape index (κ2) is 6.05. The lowest BCUT2D eigenvalue weighted by molar-refractivity contribution is 0.0743. The van der Waals surface area contributed by atoms with Gasteiger partial charge in [0.1, 0.15) is 0 Å². The predicted molar refractivity (Wildman–Crippen MR) is 65.2 cm³/mol. The molecule has 0 aliphatic heterocycles. The number of aliphatic hydroxyl groups excluding tert-OH is 1. The molecule has 0 spiro atoms. The highest BCUT2D eigenvalue weighted by molar-refractivity contribution is 9.11. The van der Waals surface area contributed by atoms with Crippen LogP contribution in [0.4, 0.5) is 0 Å². The van der Waals surface area contributed by atoms with Gasteiger partial charge in [-0.25, -0.2) is 0 Å². The molecule has 0 atom stereocenters. The van der Waals surface area contributed by atoms with Crippen molar-refractivity contribution in [3.63, 3.8) is 0 Å². The van der Waals surface area contributed by atoms with Crippen LogP contribution in [0, 0.1) is 0 Å². The van der Waals surface area contributed by atoms with Crippen LogP contribution in [-0.2, 0) is 0 Å². The molecule has 1 aromatic rings. The van der Waals surface area contributed by atoms with Crippen molar-refractivity contribution in [3.8, 4) is 0 Å². The van der Waals surface area contributed by atoms with Crippen molar-refractivity contribution in [1.29, 1.82) is 0 Å². The lowest BCUT2D eigenvalue weighted by Crippen LogP contribution is -2.33. The Balaban J connectivity index is 2.75. The van der Waals surface area contributed by atoms with Gasteiger partial charge in [0.2, 0.25) is 0 Å². The SMILES string of the molecule is C=CCN(CCO)C(=O)c1csc(Br)c1. The number of carbonyl (C=O) groups is 1. The topological polar surface area (TPSA) is 40.5 Å². The minimum absolute atomic E-state index is 0.0368. The van der Waals surface area contributed by atoms with E-state index in [-0.39, 0.29) is 12.5 Å². The van der Waals surface area contributed by atoms with E-state index in [0.29, 0.717) is 18.7 Å². The molecule has 0 radical (unpaired) electrons. The molecule has 3 nitrogen and oxygen atoms in total. The summed E-state index contributed by atoms with van der Waals surface area (Å²) in [6, 6.07) is 1.78. The molecular formula is C10H12BrNO2S. The summed E-state index contributed by atoms with van der Waals surface area (Å²) in [5, 5.41) is 10.6. The summed E-state index contributed by atoms with van der Waals surface area (Å²) in [5.74, 6) is -0.0779. The monoisotopic (exact) mass is 289 g/mol. The molecule has 1 heterocycles. The fourth-order valence-corrected chi connectivity index (χ4v) is 2.29. The Morgan fingerprint density at radius 3 is 2.93 bits per heavy atom. The van der Waals surface area contributed by atoms with Crippen LogP contribution in [0.1, 0.15) is 10.4 Å². The van der Waals surface area contributed by atoms with Gasteiger partial charge >= 0.3 is 0 Å². The first-order valence-electron chi connectivity index (χ1n) is 4.44. The van der Waals surface area contributed by atoms with E-state index in [1.54, 1.807) is 22.4 Å². The van der Waals surface area contributed by atoms with E-state index in [2.05, 4.69) is 22.5 Å². The van der Waals surface area contributed by atoms with Gasteiger partial charge in [0, 0.05) is 18.5 Å². The summed E-state index contributed by atoms with van der Waals surface area (Å²) in [7, 11) is 0. The first-order chi connectivity index (χ1) is 7.19. The van der Waals surface area contributed by atoms with Crippen LogP contribution in [0.3, 0.4) is 0 Å². The van der Waals surface area contributed by atoms with E-state index in [1.165, 1.54) is 11.3 Å². The van der Waals surface area contributed by atoms with Crippen molar-refractivity contribution in [2.45, 2.75) is 0 Å². The smallest absolute Gasteiger partial charge is 0.255 e. The predicted octanol–water partition coefficient (Wildman–Crippen LogP) is 2.13. The third-order valence-corrected chi connectivity index (χ3v) is 3.33. The van der Waals surface area contributed by atoms with E-state index in [9.17, 15) is 4.79 Å². The Labute approximate surface area is 101 Å². The van der Waals surface area contributed by atoms with Gasteiger partial charge in [-0.1, -0.05) is 6.08 Å². The third kappa shape index (κ3) is 3.44. The average molecular weight is 290 g/mol. The number of halogens is 1. The van der Waals surface area contributed by atoms with Crippen molar-refractivity contribution >= 4 is 33.2 Å². The summed E-state index contributed by atoms with van der Waals surface area (Å²) in [6.07, 6.45) is 1.65. The van der Waals surface area contributed by atoms with Crippen molar-refractivity contribution in [1.82, 2.24) is 4.90 Å². The van der Waals surface area contributed by atoms with Gasteiger partial charge in [0.15, 0.2) is 0 Å². The number of aliphatic hydroxyl groups is 1. The lowest BCUT2D eigenvalue weighted by atomic mass is 10.3. The minimum Gasteiger partial charge on any atom is -0.395 e. The summed E-state index contributed by atoms with van der Waals surface area (Å²) in [5.41, 5.74) is 0.641. The van der Waals surface area contributed by atoms with E-state index in [1.807, 2.05) is 0 Å². The Bertz CT molecular complexity index is 351. The summed E-state index contributed by atoms with van der Waals surface area (Å²) in [6.45, 7) is 4.33. The van der Waals surface area contributed by atoms with Crippen LogP contribution in [0.25, 0.3) is 0 Å². The summed E-state index contributed by atoms with van der Waals surface area (Å²) in [4.78, 5) is 13.4. The van der Waals surface area contributed by atoms with Crippen LogP contribution in [0.15, 0.2) is 27.9 Å². The second-order valence-electron chi connectivity index (χ2n) is 2.90. The summed E-state index contributed by atoms with van der Waals surface area (Å²) >= 11 is 4.77. The van der Waals surface area contributed by atoms with Crippen LogP contribution in [0.5, 0.6) is 0 Å². The molecule has 1 aromatic heterocycles. The van der Waals surface area contributed by atoms with E-state index in [4.69, 9.17) is 5.11 Å². The largest absolute Gasteiger partial charge is 0.395 e. The molecule has 0 saturated heterocycles. The zero-order valence-electron chi connectivity index (χ0n) is 8.15. The van der Waals surface area contributed by atoms with Gasteiger partial charge in [0.05, 0.1) is 16.0 Å².